The second-order valence-corrected chi connectivity index (χ2v) is 5.29. The van der Waals surface area contributed by atoms with Crippen LogP contribution in [0.15, 0.2) is 0 Å². The molecule has 1 amide bonds. The lowest BCUT2D eigenvalue weighted by Gasteiger charge is -2.29. The summed E-state index contributed by atoms with van der Waals surface area (Å²) >= 11 is 1.56. The molecule has 0 aromatic carbocycles. The van der Waals surface area contributed by atoms with Crippen molar-refractivity contribution < 1.29 is 14.6 Å². The smallest absolute Gasteiger partial charge is 0.230 e. The Morgan fingerprint density at radius 2 is 2.06 bits per heavy atom. The highest BCUT2D eigenvalue weighted by Crippen LogP contribution is 2.24. The number of methoxy groups -OCH3 is 1. The van der Waals surface area contributed by atoms with Crippen molar-refractivity contribution in [1.29, 1.82) is 0 Å². The number of rotatable bonds is 10. The van der Waals surface area contributed by atoms with Crippen molar-refractivity contribution in [3.8, 4) is 0 Å². The lowest BCUT2D eigenvalue weighted by Crippen LogP contribution is -2.40. The quantitative estimate of drug-likeness (QED) is 0.583. The third-order valence-electron chi connectivity index (χ3n) is 3.16. The molecule has 0 heterocycles. The van der Waals surface area contributed by atoms with E-state index in [-0.39, 0.29) is 17.9 Å². The van der Waals surface area contributed by atoms with Gasteiger partial charge in [0.1, 0.15) is 0 Å². The first-order valence-corrected chi connectivity index (χ1v) is 7.23. The summed E-state index contributed by atoms with van der Waals surface area (Å²) in [6, 6.07) is 0. The van der Waals surface area contributed by atoms with Crippen molar-refractivity contribution in [2.45, 2.75) is 26.7 Å². The largest absolute Gasteiger partial charge is 0.396 e. The van der Waals surface area contributed by atoms with Crippen molar-refractivity contribution >= 4 is 17.7 Å². The van der Waals surface area contributed by atoms with Crippen molar-refractivity contribution in [3.05, 3.63) is 0 Å². The Hall–Kier alpha value is -0.260. The number of hydrogen-bond donors (Lipinski definition) is 2. The summed E-state index contributed by atoms with van der Waals surface area (Å²) in [6.45, 7) is 5.43. The van der Waals surface area contributed by atoms with Gasteiger partial charge in [-0.3, -0.25) is 4.79 Å². The van der Waals surface area contributed by atoms with Crippen LogP contribution in [0.25, 0.3) is 0 Å². The molecule has 2 N–H and O–H groups in total. The van der Waals surface area contributed by atoms with Gasteiger partial charge in [-0.05, 0) is 12.8 Å². The van der Waals surface area contributed by atoms with Crippen molar-refractivity contribution in [1.82, 2.24) is 5.32 Å². The Labute approximate surface area is 108 Å². The lowest BCUT2D eigenvalue weighted by molar-refractivity contribution is -0.119. The summed E-state index contributed by atoms with van der Waals surface area (Å²) in [5, 5.41) is 12.3. The van der Waals surface area contributed by atoms with Gasteiger partial charge in [-0.25, -0.2) is 0 Å². The standard InChI is InChI=1S/C12H25NO3S/c1-4-12(5-2,10-14)9-13-11(15)8-17-7-6-16-3/h14H,4-10H2,1-3H3,(H,13,15). The third kappa shape index (κ3) is 6.91. The molecule has 0 atom stereocenters. The van der Waals surface area contributed by atoms with Crippen LogP contribution in [0.4, 0.5) is 0 Å². The molecular formula is C12H25NO3S. The van der Waals surface area contributed by atoms with Crippen LogP contribution in [0.3, 0.4) is 0 Å². The van der Waals surface area contributed by atoms with E-state index in [1.54, 1.807) is 18.9 Å². The lowest BCUT2D eigenvalue weighted by atomic mass is 9.83. The number of aliphatic hydroxyl groups excluding tert-OH is 1. The summed E-state index contributed by atoms with van der Waals surface area (Å²) in [4.78, 5) is 11.5. The van der Waals surface area contributed by atoms with E-state index in [0.29, 0.717) is 18.9 Å². The molecule has 0 saturated heterocycles. The van der Waals surface area contributed by atoms with Gasteiger partial charge < -0.3 is 15.2 Å². The molecule has 0 aromatic heterocycles. The first kappa shape index (κ1) is 16.7. The molecule has 102 valence electrons. The fraction of sp³-hybridized carbons (Fsp3) is 0.917. The summed E-state index contributed by atoms with van der Waals surface area (Å²) in [5.74, 6) is 1.32. The van der Waals surface area contributed by atoms with E-state index in [2.05, 4.69) is 5.32 Å². The van der Waals surface area contributed by atoms with E-state index in [9.17, 15) is 9.90 Å². The van der Waals surface area contributed by atoms with Crippen molar-refractivity contribution in [2.24, 2.45) is 5.41 Å². The summed E-state index contributed by atoms with van der Waals surface area (Å²) in [6.07, 6.45) is 1.74. The molecule has 0 aliphatic carbocycles. The minimum Gasteiger partial charge on any atom is -0.396 e. The van der Waals surface area contributed by atoms with Crippen LogP contribution in [-0.2, 0) is 9.53 Å². The molecule has 0 fully saturated rings. The van der Waals surface area contributed by atoms with Crippen LogP contribution < -0.4 is 5.32 Å². The van der Waals surface area contributed by atoms with Crippen LogP contribution in [0, 0.1) is 5.41 Å². The predicted molar refractivity (Wildman–Crippen MR) is 72.3 cm³/mol. The number of amides is 1. The molecule has 0 aliphatic heterocycles. The number of aliphatic hydroxyl groups is 1. The first-order chi connectivity index (χ1) is 8.14. The molecule has 0 aromatic rings. The molecule has 0 unspecified atom stereocenters. The van der Waals surface area contributed by atoms with Gasteiger partial charge in [0, 0.05) is 24.8 Å². The van der Waals surface area contributed by atoms with E-state index >= 15 is 0 Å². The summed E-state index contributed by atoms with van der Waals surface area (Å²) in [5.41, 5.74) is -0.160. The number of carbonyl (C=O) groups is 1. The van der Waals surface area contributed by atoms with Crippen molar-refractivity contribution in [2.75, 3.05) is 38.4 Å². The fourth-order valence-corrected chi connectivity index (χ4v) is 2.14. The highest BCUT2D eigenvalue weighted by molar-refractivity contribution is 7.99. The van der Waals surface area contributed by atoms with E-state index in [1.165, 1.54) is 0 Å². The molecule has 0 radical (unpaired) electrons. The highest BCUT2D eigenvalue weighted by Gasteiger charge is 2.25. The second kappa shape index (κ2) is 9.74. The molecule has 4 nitrogen and oxygen atoms in total. The topological polar surface area (TPSA) is 58.6 Å². The summed E-state index contributed by atoms with van der Waals surface area (Å²) in [7, 11) is 1.65. The van der Waals surface area contributed by atoms with Gasteiger partial charge in [0.05, 0.1) is 19.0 Å². The van der Waals surface area contributed by atoms with Crippen LogP contribution >= 0.6 is 11.8 Å². The molecule has 0 aliphatic rings. The Balaban J connectivity index is 3.81. The number of ether oxygens (including phenoxy) is 1. The minimum absolute atomic E-state index is 0.0332. The van der Waals surface area contributed by atoms with Crippen molar-refractivity contribution in [3.63, 3.8) is 0 Å². The Bertz CT molecular complexity index is 200. The Morgan fingerprint density at radius 3 is 2.53 bits per heavy atom. The van der Waals surface area contributed by atoms with E-state index < -0.39 is 0 Å². The van der Waals surface area contributed by atoms with Crippen LogP contribution in [0.5, 0.6) is 0 Å². The minimum atomic E-state index is -0.160. The molecule has 17 heavy (non-hydrogen) atoms. The molecule has 0 rings (SSSR count). The van der Waals surface area contributed by atoms with Gasteiger partial charge >= 0.3 is 0 Å². The number of nitrogens with one attached hydrogen (secondary N) is 1. The van der Waals surface area contributed by atoms with Crippen LogP contribution in [-0.4, -0.2) is 49.4 Å². The molecule has 0 bridgehead atoms. The average Bonchev–Trinajstić information content (AvgIpc) is 2.37. The molecule has 5 heteroatoms. The highest BCUT2D eigenvalue weighted by atomic mass is 32.2. The van der Waals surface area contributed by atoms with E-state index in [0.717, 1.165) is 18.6 Å². The zero-order chi connectivity index (χ0) is 13.1. The van der Waals surface area contributed by atoms with Gasteiger partial charge in [0.25, 0.3) is 0 Å². The van der Waals surface area contributed by atoms with E-state index in [4.69, 9.17) is 4.74 Å². The maximum absolute atomic E-state index is 11.5. The maximum Gasteiger partial charge on any atom is 0.230 e. The fourth-order valence-electron chi connectivity index (χ4n) is 1.42. The first-order valence-electron chi connectivity index (χ1n) is 6.08. The second-order valence-electron chi connectivity index (χ2n) is 4.19. The third-order valence-corrected chi connectivity index (χ3v) is 4.08. The zero-order valence-electron chi connectivity index (χ0n) is 11.1. The van der Waals surface area contributed by atoms with Gasteiger partial charge in [0.2, 0.25) is 5.91 Å². The monoisotopic (exact) mass is 263 g/mol. The predicted octanol–water partition coefficient (Wildman–Crippen LogP) is 1.28. The molecule has 0 saturated carbocycles. The molecular weight excluding hydrogens is 238 g/mol. The van der Waals surface area contributed by atoms with E-state index in [1.807, 2.05) is 13.8 Å². The van der Waals surface area contributed by atoms with Gasteiger partial charge in [-0.2, -0.15) is 0 Å². The normalized spacial score (nSPS) is 11.5. The average molecular weight is 263 g/mol. The Morgan fingerprint density at radius 1 is 1.41 bits per heavy atom. The number of hydrogen-bond acceptors (Lipinski definition) is 4. The van der Waals surface area contributed by atoms with Crippen LogP contribution in [0.2, 0.25) is 0 Å². The Kier molecular flexibility index (Phi) is 9.59. The zero-order valence-corrected chi connectivity index (χ0v) is 11.9. The maximum atomic E-state index is 11.5. The van der Waals surface area contributed by atoms with Gasteiger partial charge in [-0.15, -0.1) is 11.8 Å². The SMILES string of the molecule is CCC(CC)(CO)CNC(=O)CSCCOC. The van der Waals surface area contributed by atoms with Gasteiger partial charge in [-0.1, -0.05) is 13.8 Å². The van der Waals surface area contributed by atoms with Crippen LogP contribution in [0.1, 0.15) is 26.7 Å². The molecule has 0 spiro atoms. The number of thioether (sulfide) groups is 1. The summed E-state index contributed by atoms with van der Waals surface area (Å²) < 4.78 is 4.90. The van der Waals surface area contributed by atoms with Gasteiger partial charge in [0.15, 0.2) is 0 Å². The number of carbonyl (C=O) groups excluding carboxylic acids is 1.